The van der Waals surface area contributed by atoms with Crippen LogP contribution in [0.15, 0.2) is 0 Å². The lowest BCUT2D eigenvalue weighted by Crippen LogP contribution is -2.32. The van der Waals surface area contributed by atoms with Crippen molar-refractivity contribution in [2.45, 2.75) is 25.8 Å². The van der Waals surface area contributed by atoms with Crippen LogP contribution in [0.2, 0.25) is 0 Å². The molecule has 4 heteroatoms. The topological polar surface area (TPSA) is 52.9 Å². The molecule has 0 fully saturated rings. The first-order valence-electron chi connectivity index (χ1n) is 3.43. The smallest absolute Gasteiger partial charge is 0.221 e. The van der Waals surface area contributed by atoms with Crippen LogP contribution in [0.1, 0.15) is 19.8 Å². The zero-order chi connectivity index (χ0) is 8.69. The van der Waals surface area contributed by atoms with Gasteiger partial charge in [-0.2, -0.15) is 5.26 Å². The molecule has 0 aromatic heterocycles. The van der Waals surface area contributed by atoms with E-state index in [1.165, 1.54) is 0 Å². The van der Waals surface area contributed by atoms with Gasteiger partial charge in [0.2, 0.25) is 5.91 Å². The molecule has 0 aliphatic heterocycles. The van der Waals surface area contributed by atoms with Gasteiger partial charge < -0.3 is 5.32 Å². The largest absolute Gasteiger partial charge is 0.353 e. The molecule has 1 atom stereocenters. The molecule has 0 aliphatic rings. The summed E-state index contributed by atoms with van der Waals surface area (Å²) in [5, 5.41) is 11.6. The Kier molecular flexibility index (Phi) is 5.86. The highest BCUT2D eigenvalue weighted by Crippen LogP contribution is 1.91. The third-order valence-electron chi connectivity index (χ3n) is 1.13. The Morgan fingerprint density at radius 1 is 1.82 bits per heavy atom. The molecule has 0 heterocycles. The summed E-state index contributed by atoms with van der Waals surface area (Å²) in [7, 11) is 0. The van der Waals surface area contributed by atoms with Crippen LogP contribution in [0.4, 0.5) is 0 Å². The van der Waals surface area contributed by atoms with Gasteiger partial charge in [-0.05, 0) is 6.92 Å². The maximum atomic E-state index is 10.9. The Morgan fingerprint density at radius 3 is 2.91 bits per heavy atom. The zero-order valence-corrected chi connectivity index (χ0v) is 8.02. The van der Waals surface area contributed by atoms with Crippen molar-refractivity contribution in [3.05, 3.63) is 0 Å². The molecule has 0 aromatic carbocycles. The fraction of sp³-hybridized carbons (Fsp3) is 0.714. The quantitative estimate of drug-likeness (QED) is 0.722. The number of nitrogens with zero attached hydrogens (tertiary/aromatic N) is 1. The standard InChI is InChI=1S/C7H11BrN2O/c1-6(3-5-9)10-7(11)2-4-8/h6H,2-4H2,1H3,(H,10,11). The molecule has 11 heavy (non-hydrogen) atoms. The molecule has 0 saturated heterocycles. The highest BCUT2D eigenvalue weighted by Gasteiger charge is 2.04. The molecule has 3 nitrogen and oxygen atoms in total. The van der Waals surface area contributed by atoms with Crippen LogP contribution in [0.25, 0.3) is 0 Å². The molecule has 62 valence electrons. The van der Waals surface area contributed by atoms with Crippen molar-refractivity contribution >= 4 is 21.8 Å². The summed E-state index contributed by atoms with van der Waals surface area (Å²) in [5.41, 5.74) is 0. The predicted octanol–water partition coefficient (Wildman–Crippen LogP) is 1.19. The minimum Gasteiger partial charge on any atom is -0.353 e. The number of halogens is 1. The SMILES string of the molecule is CC(CC#N)NC(=O)CCBr. The second-order valence-electron chi connectivity index (χ2n) is 2.27. The number of nitriles is 1. The van der Waals surface area contributed by atoms with Gasteiger partial charge in [0.15, 0.2) is 0 Å². The zero-order valence-electron chi connectivity index (χ0n) is 6.43. The maximum absolute atomic E-state index is 10.9. The molecular formula is C7H11BrN2O. The van der Waals surface area contributed by atoms with E-state index < -0.39 is 0 Å². The summed E-state index contributed by atoms with van der Waals surface area (Å²) in [6.07, 6.45) is 0.837. The normalized spacial score (nSPS) is 11.7. The molecular weight excluding hydrogens is 208 g/mol. The highest BCUT2D eigenvalue weighted by atomic mass is 79.9. The molecule has 0 spiro atoms. The van der Waals surface area contributed by atoms with Crippen LogP contribution in [-0.2, 0) is 4.79 Å². The highest BCUT2D eigenvalue weighted by molar-refractivity contribution is 9.09. The Hall–Kier alpha value is -0.560. The van der Waals surface area contributed by atoms with Crippen LogP contribution in [0.5, 0.6) is 0 Å². The van der Waals surface area contributed by atoms with Crippen molar-refractivity contribution in [2.24, 2.45) is 0 Å². The third kappa shape index (κ3) is 5.86. The summed E-state index contributed by atoms with van der Waals surface area (Å²) >= 11 is 3.15. The Labute approximate surface area is 74.9 Å². The van der Waals surface area contributed by atoms with E-state index in [0.29, 0.717) is 18.2 Å². The molecule has 0 saturated carbocycles. The van der Waals surface area contributed by atoms with Crippen LogP contribution in [0, 0.1) is 11.3 Å². The molecule has 1 unspecified atom stereocenters. The Morgan fingerprint density at radius 2 is 2.45 bits per heavy atom. The number of alkyl halides is 1. The van der Waals surface area contributed by atoms with Crippen LogP contribution in [-0.4, -0.2) is 17.3 Å². The Bertz CT molecular complexity index is 164. The average molecular weight is 219 g/mol. The van der Waals surface area contributed by atoms with Crippen molar-refractivity contribution in [3.8, 4) is 6.07 Å². The van der Waals surface area contributed by atoms with Crippen molar-refractivity contribution in [3.63, 3.8) is 0 Å². The molecule has 0 aromatic rings. The van der Waals surface area contributed by atoms with E-state index in [2.05, 4.69) is 21.2 Å². The van der Waals surface area contributed by atoms with Gasteiger partial charge in [0.1, 0.15) is 0 Å². The van der Waals surface area contributed by atoms with E-state index in [-0.39, 0.29) is 11.9 Å². The van der Waals surface area contributed by atoms with Gasteiger partial charge in [-0.15, -0.1) is 0 Å². The first-order chi connectivity index (χ1) is 5.20. The third-order valence-corrected chi connectivity index (χ3v) is 1.52. The number of hydrogen-bond acceptors (Lipinski definition) is 2. The van der Waals surface area contributed by atoms with Crippen LogP contribution in [0.3, 0.4) is 0 Å². The van der Waals surface area contributed by atoms with Gasteiger partial charge in [-0.3, -0.25) is 4.79 Å². The van der Waals surface area contributed by atoms with Gasteiger partial charge >= 0.3 is 0 Å². The molecule has 0 rings (SSSR count). The van der Waals surface area contributed by atoms with Crippen molar-refractivity contribution < 1.29 is 4.79 Å². The van der Waals surface area contributed by atoms with Crippen molar-refractivity contribution in [1.82, 2.24) is 5.32 Å². The summed E-state index contributed by atoms with van der Waals surface area (Å²) in [5.74, 6) is -0.00961. The molecule has 1 N–H and O–H groups in total. The lowest BCUT2D eigenvalue weighted by atomic mass is 10.2. The average Bonchev–Trinajstić information content (AvgIpc) is 1.87. The van der Waals surface area contributed by atoms with E-state index in [1.807, 2.05) is 13.0 Å². The van der Waals surface area contributed by atoms with Gasteiger partial charge in [0.05, 0.1) is 12.5 Å². The summed E-state index contributed by atoms with van der Waals surface area (Å²) < 4.78 is 0. The van der Waals surface area contributed by atoms with Gasteiger partial charge in [-0.1, -0.05) is 15.9 Å². The monoisotopic (exact) mass is 218 g/mol. The lowest BCUT2D eigenvalue weighted by molar-refractivity contribution is -0.121. The second-order valence-corrected chi connectivity index (χ2v) is 3.06. The first kappa shape index (κ1) is 10.4. The molecule has 0 radical (unpaired) electrons. The van der Waals surface area contributed by atoms with Crippen molar-refractivity contribution in [2.75, 3.05) is 5.33 Å². The fourth-order valence-corrected chi connectivity index (χ4v) is 0.981. The van der Waals surface area contributed by atoms with E-state index >= 15 is 0 Å². The number of carbonyl (C=O) groups excluding carboxylic acids is 1. The minimum absolute atomic E-state index is 0.00961. The number of rotatable bonds is 4. The van der Waals surface area contributed by atoms with Gasteiger partial charge in [0.25, 0.3) is 0 Å². The fourth-order valence-electron chi connectivity index (χ4n) is 0.621. The molecule has 1 amide bonds. The number of amides is 1. The van der Waals surface area contributed by atoms with Crippen LogP contribution >= 0.6 is 15.9 Å². The number of carbonyl (C=O) groups is 1. The minimum atomic E-state index is -0.0356. The number of hydrogen-bond donors (Lipinski definition) is 1. The summed E-state index contributed by atoms with van der Waals surface area (Å²) in [6, 6.07) is 1.95. The number of nitrogens with one attached hydrogen (secondary N) is 1. The maximum Gasteiger partial charge on any atom is 0.221 e. The van der Waals surface area contributed by atoms with E-state index in [4.69, 9.17) is 5.26 Å². The van der Waals surface area contributed by atoms with E-state index in [0.717, 1.165) is 0 Å². The van der Waals surface area contributed by atoms with Crippen molar-refractivity contribution in [1.29, 1.82) is 5.26 Å². The lowest BCUT2D eigenvalue weighted by Gasteiger charge is -2.08. The van der Waals surface area contributed by atoms with Gasteiger partial charge in [-0.25, -0.2) is 0 Å². The van der Waals surface area contributed by atoms with E-state index in [9.17, 15) is 4.79 Å². The van der Waals surface area contributed by atoms with Crippen LogP contribution < -0.4 is 5.32 Å². The predicted molar refractivity (Wildman–Crippen MR) is 46.2 cm³/mol. The molecule has 0 bridgehead atoms. The summed E-state index contributed by atoms with van der Waals surface area (Å²) in [4.78, 5) is 10.9. The second kappa shape index (κ2) is 6.17. The molecule has 0 aliphatic carbocycles. The first-order valence-corrected chi connectivity index (χ1v) is 4.55. The van der Waals surface area contributed by atoms with E-state index in [1.54, 1.807) is 0 Å². The Balaban J connectivity index is 3.50. The van der Waals surface area contributed by atoms with Gasteiger partial charge in [0, 0.05) is 17.8 Å². The summed E-state index contributed by atoms with van der Waals surface area (Å²) in [6.45, 7) is 1.81.